The van der Waals surface area contributed by atoms with Crippen molar-refractivity contribution >= 4 is 158 Å². The summed E-state index contributed by atoms with van der Waals surface area (Å²) in [6, 6.07) is 18.9. The van der Waals surface area contributed by atoms with E-state index in [2.05, 4.69) is 239 Å². The van der Waals surface area contributed by atoms with Crippen molar-refractivity contribution < 1.29 is 10.2 Å². The second kappa shape index (κ2) is 22.2. The average molecular weight is 1170 g/mol. The van der Waals surface area contributed by atoms with Crippen molar-refractivity contribution in [3.05, 3.63) is 59.7 Å². The van der Waals surface area contributed by atoms with Crippen LogP contribution in [-0.2, 0) is 0 Å². The molecule has 4 aromatic carbocycles. The SMILES string of the molecule is CC(C)[Si](c1cc2c(O)cc3c(cc(O)c4cc([Si](C(C)C)(C(C)C)C(C)C)sc43)c2s1)(C(C)C)C(C)C.Cc1cc2c(cc(C)c3cc([Si](C(C)C)(C(C)C)C(C)C)sc32)c2sc([Si](C(C)C)(C(C)C)C(C)C)cc12. The molecule has 0 fully saturated rings. The van der Waals surface area contributed by atoms with Gasteiger partial charge in [0, 0.05) is 51.1 Å². The van der Waals surface area contributed by atoms with Gasteiger partial charge in [-0.05, 0) is 169 Å². The Kier molecular flexibility index (Phi) is 17.9. The van der Waals surface area contributed by atoms with Gasteiger partial charge in [0.2, 0.25) is 0 Å². The molecule has 4 heterocycles. The monoisotopic (exact) mass is 1160 g/mol. The summed E-state index contributed by atoms with van der Waals surface area (Å²) < 4.78 is 11.7. The van der Waals surface area contributed by atoms with Gasteiger partial charge in [-0.25, -0.2) is 0 Å². The maximum Gasteiger partial charge on any atom is 0.124 e. The zero-order valence-corrected chi connectivity index (χ0v) is 59.3. The van der Waals surface area contributed by atoms with Crippen molar-refractivity contribution in [2.24, 2.45) is 0 Å². The van der Waals surface area contributed by atoms with Crippen LogP contribution in [0.25, 0.3) is 61.9 Å². The Bertz CT molecular complexity index is 2850. The number of hydrogen-bond donors (Lipinski definition) is 2. The molecular formula is C66H100O2S4Si4. The lowest BCUT2D eigenvalue weighted by atomic mass is 10.00. The molecule has 76 heavy (non-hydrogen) atoms. The molecule has 0 atom stereocenters. The van der Waals surface area contributed by atoms with Crippen molar-refractivity contribution in [1.82, 2.24) is 0 Å². The third-order valence-corrected chi connectivity index (χ3v) is 56.7. The molecule has 2 N–H and O–H groups in total. The lowest BCUT2D eigenvalue weighted by Crippen LogP contribution is -2.54. The van der Waals surface area contributed by atoms with Gasteiger partial charge in [-0.15, -0.1) is 45.3 Å². The van der Waals surface area contributed by atoms with E-state index in [0.29, 0.717) is 44.7 Å². The van der Waals surface area contributed by atoms with E-state index in [9.17, 15) is 10.2 Å². The highest BCUT2D eigenvalue weighted by Crippen LogP contribution is 2.52. The molecule has 4 aromatic heterocycles. The largest absolute Gasteiger partial charge is 0.507 e. The predicted molar refractivity (Wildman–Crippen MR) is 365 cm³/mol. The third-order valence-electron chi connectivity index (χ3n) is 20.3. The number of aryl methyl sites for hydroxylation is 2. The Morgan fingerprint density at radius 1 is 0.250 bits per heavy atom. The molecule has 2 nitrogen and oxygen atoms in total. The molecule has 8 aromatic rings. The van der Waals surface area contributed by atoms with Gasteiger partial charge in [-0.1, -0.05) is 166 Å². The minimum Gasteiger partial charge on any atom is -0.507 e. The zero-order valence-electron chi connectivity index (χ0n) is 52.1. The Morgan fingerprint density at radius 3 is 0.618 bits per heavy atom. The van der Waals surface area contributed by atoms with E-state index < -0.39 is 32.3 Å². The standard InChI is InChI=1S/C34H52S2Si2.C32H48O2S2Si2/c1-19(2)37(20(3)4,21(5)6)31-17-27-25(13)15-30-29(33(27)35-31)16-26(14)28-18-32(36-34(28)30)38(22(7)8,23(9)10)24(11)12;1-17(2)37(18(3)4,19(5)6)29-15-25-27(33)14-24-23(31(25)35-29)13-28(34)26-16-30(36-32(24)26)38(20(7)8,21(9)10)22(11)12/h15-24H,1-14H3;13-22,33-34H,1-12H3. The van der Waals surface area contributed by atoms with Crippen molar-refractivity contribution in [2.45, 2.75) is 247 Å². The summed E-state index contributed by atoms with van der Waals surface area (Å²) in [5.74, 6) is 0.743. The fourth-order valence-electron chi connectivity index (χ4n) is 17.7. The fourth-order valence-corrected chi connectivity index (χ4v) is 58.5. The summed E-state index contributed by atoms with van der Waals surface area (Å²) in [4.78, 5) is 0. The highest BCUT2D eigenvalue weighted by Gasteiger charge is 2.49. The summed E-state index contributed by atoms with van der Waals surface area (Å²) in [5.41, 5.74) is 10.9. The number of thiophene rings is 4. The number of phenols is 2. The van der Waals surface area contributed by atoms with E-state index >= 15 is 0 Å². The van der Waals surface area contributed by atoms with E-state index in [1.54, 1.807) is 9.00 Å². The van der Waals surface area contributed by atoms with Crippen LogP contribution in [0, 0.1) is 13.8 Å². The van der Waals surface area contributed by atoms with Crippen molar-refractivity contribution in [3.8, 4) is 11.5 Å². The summed E-state index contributed by atoms with van der Waals surface area (Å²) in [6.07, 6.45) is 0. The molecule has 0 spiro atoms. The number of aromatic hydroxyl groups is 2. The van der Waals surface area contributed by atoms with Gasteiger partial charge >= 0.3 is 0 Å². The van der Waals surface area contributed by atoms with Gasteiger partial charge in [0.25, 0.3) is 0 Å². The summed E-state index contributed by atoms with van der Waals surface area (Å²) in [7, 11) is -7.13. The molecule has 0 aliphatic heterocycles. The second-order valence-electron chi connectivity index (χ2n) is 27.4. The van der Waals surface area contributed by atoms with Gasteiger partial charge in [0.15, 0.2) is 0 Å². The van der Waals surface area contributed by atoms with E-state index in [4.69, 9.17) is 0 Å². The number of benzene rings is 4. The van der Waals surface area contributed by atoms with E-state index in [0.717, 1.165) is 64.2 Å². The van der Waals surface area contributed by atoms with E-state index in [1.165, 1.54) is 51.1 Å². The van der Waals surface area contributed by atoms with Crippen molar-refractivity contribution in [1.29, 1.82) is 0 Å². The molecule has 0 aliphatic rings. The van der Waals surface area contributed by atoms with Crippen LogP contribution in [0.4, 0.5) is 0 Å². The molecule has 0 aliphatic carbocycles. The van der Waals surface area contributed by atoms with Crippen LogP contribution in [-0.4, -0.2) is 42.5 Å². The quantitative estimate of drug-likeness (QED) is 0.0947. The molecule has 10 heteroatoms. The Hall–Kier alpha value is -2.29. The zero-order chi connectivity index (χ0) is 57.0. The molecule has 0 saturated heterocycles. The number of rotatable bonds is 16. The molecule has 0 unspecified atom stereocenters. The van der Waals surface area contributed by atoms with Crippen LogP contribution in [0.15, 0.2) is 48.5 Å². The molecule has 416 valence electrons. The third kappa shape index (κ3) is 9.17. The molecule has 0 bridgehead atoms. The van der Waals surface area contributed by atoms with Crippen LogP contribution in [0.1, 0.15) is 177 Å². The van der Waals surface area contributed by atoms with Gasteiger partial charge < -0.3 is 10.2 Å². The first kappa shape index (κ1) is 61.3. The van der Waals surface area contributed by atoms with Gasteiger partial charge in [-0.3, -0.25) is 0 Å². The smallest absolute Gasteiger partial charge is 0.124 e. The highest BCUT2D eigenvalue weighted by molar-refractivity contribution is 7.35. The number of hydrogen-bond acceptors (Lipinski definition) is 6. The fraction of sp³-hybridized carbons (Fsp3) is 0.576. The first-order valence-electron chi connectivity index (χ1n) is 29.5. The van der Waals surface area contributed by atoms with Crippen molar-refractivity contribution in [3.63, 3.8) is 0 Å². The van der Waals surface area contributed by atoms with Crippen LogP contribution in [0.3, 0.4) is 0 Å². The Labute approximate surface area is 481 Å². The molecule has 0 saturated carbocycles. The predicted octanol–water partition coefficient (Wildman–Crippen LogP) is 22.1. The number of phenolic OH excluding ortho intramolecular Hbond substituents is 2. The maximum atomic E-state index is 11.4. The second-order valence-corrected chi connectivity index (χ2v) is 56.5. The van der Waals surface area contributed by atoms with Crippen LogP contribution in [0.5, 0.6) is 11.5 Å². The first-order chi connectivity index (χ1) is 35.2. The molecule has 0 radical (unpaired) electrons. The van der Waals surface area contributed by atoms with Gasteiger partial charge in [0.05, 0.1) is 0 Å². The maximum absolute atomic E-state index is 11.4. The van der Waals surface area contributed by atoms with Gasteiger partial charge in [0.1, 0.15) is 43.8 Å². The minimum atomic E-state index is -1.87. The summed E-state index contributed by atoms with van der Waals surface area (Å²) >= 11 is 8.07. The molecule has 0 amide bonds. The highest BCUT2D eigenvalue weighted by atomic mass is 32.1. The first-order valence-corrected chi connectivity index (χ1v) is 41.7. The molecular weight excluding hydrogens is 1070 g/mol. The Balaban J connectivity index is 0.000000221. The average Bonchev–Trinajstić information content (AvgIpc) is 4.11. The summed E-state index contributed by atoms with van der Waals surface area (Å²) in [5, 5.41) is 32.8. The van der Waals surface area contributed by atoms with Crippen LogP contribution in [0.2, 0.25) is 66.5 Å². The number of fused-ring (bicyclic) bond motifs is 10. The lowest BCUT2D eigenvalue weighted by Gasteiger charge is -2.42. The van der Waals surface area contributed by atoms with Gasteiger partial charge in [-0.2, -0.15) is 0 Å². The topological polar surface area (TPSA) is 40.5 Å². The summed E-state index contributed by atoms with van der Waals surface area (Å²) in [6.45, 7) is 63.4. The Morgan fingerprint density at radius 2 is 0.421 bits per heavy atom. The lowest BCUT2D eigenvalue weighted by molar-refractivity contribution is 0.481. The van der Waals surface area contributed by atoms with Crippen molar-refractivity contribution in [2.75, 3.05) is 0 Å². The van der Waals surface area contributed by atoms with Crippen LogP contribution >= 0.6 is 45.3 Å². The minimum absolute atomic E-state index is 0.371. The van der Waals surface area contributed by atoms with Crippen LogP contribution < -0.4 is 18.0 Å². The normalized spacial score (nSPS) is 13.9. The van der Waals surface area contributed by atoms with E-state index in [-0.39, 0.29) is 0 Å². The van der Waals surface area contributed by atoms with E-state index in [1.807, 2.05) is 34.8 Å². The molecule has 8 rings (SSSR count).